The van der Waals surface area contributed by atoms with Crippen molar-refractivity contribution < 1.29 is 0 Å². The third-order valence-corrected chi connectivity index (χ3v) is 3.16. The van der Waals surface area contributed by atoms with Crippen LogP contribution in [0.2, 0.25) is 0 Å². The lowest BCUT2D eigenvalue weighted by Gasteiger charge is -2.09. The molecule has 0 spiro atoms. The van der Waals surface area contributed by atoms with Gasteiger partial charge in [0.25, 0.3) is 0 Å². The Morgan fingerprint density at radius 2 is 1.95 bits per heavy atom. The van der Waals surface area contributed by atoms with E-state index >= 15 is 0 Å². The van der Waals surface area contributed by atoms with Gasteiger partial charge in [0.2, 0.25) is 0 Å². The number of aromatic nitrogens is 4. The molecule has 6 heteroatoms. The molecule has 2 heterocycles. The van der Waals surface area contributed by atoms with Crippen LogP contribution in [0.4, 0.5) is 11.6 Å². The predicted octanol–water partition coefficient (Wildman–Crippen LogP) is 1.60. The van der Waals surface area contributed by atoms with E-state index in [1.54, 1.807) is 6.20 Å². The van der Waals surface area contributed by atoms with Gasteiger partial charge in [-0.05, 0) is 12.1 Å². The van der Waals surface area contributed by atoms with Crippen LogP contribution in [0.1, 0.15) is 5.82 Å². The smallest absolute Gasteiger partial charge is 0.169 e. The quantitative estimate of drug-likeness (QED) is 0.751. The standard InChI is InChI=1S/C14H16N6/c1-20-9-8-16-12(20)6-7-17-14-13(15)18-10-4-2-3-5-11(10)19-14/h2-5,8-9H,6-7H2,1H3,(H2,15,18)(H,17,19). The Morgan fingerprint density at radius 1 is 1.20 bits per heavy atom. The summed E-state index contributed by atoms with van der Waals surface area (Å²) in [5.41, 5.74) is 7.56. The first-order valence-electron chi connectivity index (χ1n) is 6.46. The molecule has 0 amide bonds. The summed E-state index contributed by atoms with van der Waals surface area (Å²) in [6.45, 7) is 0.710. The lowest BCUT2D eigenvalue weighted by molar-refractivity contribution is 0.788. The number of nitrogens with one attached hydrogen (secondary N) is 1. The molecule has 20 heavy (non-hydrogen) atoms. The van der Waals surface area contributed by atoms with E-state index in [9.17, 15) is 0 Å². The maximum Gasteiger partial charge on any atom is 0.169 e. The van der Waals surface area contributed by atoms with E-state index in [1.165, 1.54) is 0 Å². The summed E-state index contributed by atoms with van der Waals surface area (Å²) in [4.78, 5) is 13.1. The fraction of sp³-hybridized carbons (Fsp3) is 0.214. The summed E-state index contributed by atoms with van der Waals surface area (Å²) in [6.07, 6.45) is 4.52. The average molecular weight is 268 g/mol. The summed E-state index contributed by atoms with van der Waals surface area (Å²) in [5, 5.41) is 3.22. The number of nitrogens with two attached hydrogens (primary N) is 1. The van der Waals surface area contributed by atoms with Crippen LogP contribution in [0.5, 0.6) is 0 Å². The minimum atomic E-state index is 0.420. The summed E-state index contributed by atoms with van der Waals surface area (Å²) in [6, 6.07) is 7.68. The van der Waals surface area contributed by atoms with Crippen LogP contribution in [-0.2, 0) is 13.5 Å². The molecule has 0 aliphatic carbocycles. The molecular weight excluding hydrogens is 252 g/mol. The van der Waals surface area contributed by atoms with Gasteiger partial charge in [0.1, 0.15) is 5.82 Å². The molecule has 0 bridgehead atoms. The maximum absolute atomic E-state index is 5.92. The number of benzene rings is 1. The first-order chi connectivity index (χ1) is 9.74. The van der Waals surface area contributed by atoms with Gasteiger partial charge >= 0.3 is 0 Å². The molecule has 3 N–H and O–H groups in total. The van der Waals surface area contributed by atoms with Gasteiger partial charge in [0, 0.05) is 32.4 Å². The second-order valence-corrected chi connectivity index (χ2v) is 4.58. The number of imidazole rings is 1. The fourth-order valence-electron chi connectivity index (χ4n) is 2.07. The van der Waals surface area contributed by atoms with E-state index in [2.05, 4.69) is 20.3 Å². The molecule has 0 saturated heterocycles. The lowest BCUT2D eigenvalue weighted by atomic mass is 10.3. The van der Waals surface area contributed by atoms with E-state index in [1.807, 2.05) is 42.1 Å². The number of hydrogen-bond donors (Lipinski definition) is 2. The highest BCUT2D eigenvalue weighted by molar-refractivity contribution is 5.79. The number of rotatable bonds is 4. The number of aryl methyl sites for hydroxylation is 1. The average Bonchev–Trinajstić information content (AvgIpc) is 2.85. The molecule has 2 aromatic heterocycles. The molecule has 6 nitrogen and oxygen atoms in total. The van der Waals surface area contributed by atoms with Crippen molar-refractivity contribution in [1.29, 1.82) is 0 Å². The molecule has 0 aliphatic heterocycles. The van der Waals surface area contributed by atoms with Crippen molar-refractivity contribution in [3.8, 4) is 0 Å². The highest BCUT2D eigenvalue weighted by Gasteiger charge is 2.05. The van der Waals surface area contributed by atoms with Gasteiger partial charge in [-0.2, -0.15) is 0 Å². The van der Waals surface area contributed by atoms with Crippen molar-refractivity contribution in [3.05, 3.63) is 42.5 Å². The predicted molar refractivity (Wildman–Crippen MR) is 79.4 cm³/mol. The number of anilines is 2. The fourth-order valence-corrected chi connectivity index (χ4v) is 2.07. The number of nitrogen functional groups attached to an aromatic ring is 1. The zero-order valence-electron chi connectivity index (χ0n) is 11.2. The van der Waals surface area contributed by atoms with Gasteiger partial charge in [-0.3, -0.25) is 0 Å². The van der Waals surface area contributed by atoms with Crippen molar-refractivity contribution in [1.82, 2.24) is 19.5 Å². The highest BCUT2D eigenvalue weighted by atomic mass is 15.1. The van der Waals surface area contributed by atoms with Gasteiger partial charge in [0.05, 0.1) is 11.0 Å². The minimum absolute atomic E-state index is 0.420. The van der Waals surface area contributed by atoms with E-state index in [4.69, 9.17) is 5.73 Å². The summed E-state index contributed by atoms with van der Waals surface area (Å²) in [7, 11) is 1.98. The first-order valence-corrected chi connectivity index (χ1v) is 6.46. The van der Waals surface area contributed by atoms with Crippen LogP contribution in [-0.4, -0.2) is 26.1 Å². The molecule has 1 aromatic carbocycles. The van der Waals surface area contributed by atoms with Gasteiger partial charge in [0.15, 0.2) is 11.6 Å². The molecule has 3 rings (SSSR count). The minimum Gasteiger partial charge on any atom is -0.381 e. The lowest BCUT2D eigenvalue weighted by Crippen LogP contribution is -2.11. The van der Waals surface area contributed by atoms with Gasteiger partial charge in [-0.1, -0.05) is 12.1 Å². The molecule has 0 atom stereocenters. The largest absolute Gasteiger partial charge is 0.381 e. The molecule has 0 aliphatic rings. The first kappa shape index (κ1) is 12.4. The zero-order valence-corrected chi connectivity index (χ0v) is 11.2. The van der Waals surface area contributed by atoms with E-state index in [-0.39, 0.29) is 0 Å². The van der Waals surface area contributed by atoms with Gasteiger partial charge < -0.3 is 15.6 Å². The third-order valence-electron chi connectivity index (χ3n) is 3.16. The van der Waals surface area contributed by atoms with Crippen molar-refractivity contribution in [2.24, 2.45) is 7.05 Å². The van der Waals surface area contributed by atoms with Crippen molar-refractivity contribution in [2.45, 2.75) is 6.42 Å². The highest BCUT2D eigenvalue weighted by Crippen LogP contribution is 2.18. The normalized spacial score (nSPS) is 10.8. The molecule has 0 unspecified atom stereocenters. The Labute approximate surface area is 116 Å². The van der Waals surface area contributed by atoms with E-state index in [0.717, 1.165) is 23.3 Å². The Morgan fingerprint density at radius 3 is 2.65 bits per heavy atom. The van der Waals surface area contributed by atoms with Gasteiger partial charge in [-0.15, -0.1) is 0 Å². The van der Waals surface area contributed by atoms with Crippen LogP contribution in [0.15, 0.2) is 36.7 Å². The Balaban J connectivity index is 1.74. The molecule has 0 saturated carbocycles. The van der Waals surface area contributed by atoms with Crippen LogP contribution in [0.25, 0.3) is 11.0 Å². The van der Waals surface area contributed by atoms with Crippen LogP contribution in [0, 0.1) is 0 Å². The number of fused-ring (bicyclic) bond motifs is 1. The SMILES string of the molecule is Cn1ccnc1CCNc1nc2ccccc2nc1N. The molecule has 3 aromatic rings. The van der Waals surface area contributed by atoms with Crippen molar-refractivity contribution in [3.63, 3.8) is 0 Å². The topological polar surface area (TPSA) is 81.7 Å². The molecule has 0 fully saturated rings. The van der Waals surface area contributed by atoms with E-state index in [0.29, 0.717) is 18.2 Å². The molecule has 102 valence electrons. The zero-order chi connectivity index (χ0) is 13.9. The van der Waals surface area contributed by atoms with Crippen LogP contribution >= 0.6 is 0 Å². The van der Waals surface area contributed by atoms with Crippen LogP contribution in [0.3, 0.4) is 0 Å². The molecular formula is C14H16N6. The number of nitrogens with zero attached hydrogens (tertiary/aromatic N) is 4. The Hall–Kier alpha value is -2.63. The Kier molecular flexibility index (Phi) is 3.20. The second kappa shape index (κ2) is 5.16. The second-order valence-electron chi connectivity index (χ2n) is 4.58. The maximum atomic E-state index is 5.92. The summed E-state index contributed by atoms with van der Waals surface area (Å²) < 4.78 is 2.00. The Bertz CT molecular complexity index is 733. The monoisotopic (exact) mass is 268 g/mol. The van der Waals surface area contributed by atoms with E-state index < -0.39 is 0 Å². The van der Waals surface area contributed by atoms with Crippen LogP contribution < -0.4 is 11.1 Å². The van der Waals surface area contributed by atoms with Crippen molar-refractivity contribution in [2.75, 3.05) is 17.6 Å². The van der Waals surface area contributed by atoms with Crippen molar-refractivity contribution >= 4 is 22.7 Å². The number of para-hydroxylation sites is 2. The van der Waals surface area contributed by atoms with Gasteiger partial charge in [-0.25, -0.2) is 15.0 Å². The third kappa shape index (κ3) is 2.40. The summed E-state index contributed by atoms with van der Waals surface area (Å²) >= 11 is 0. The number of hydrogen-bond acceptors (Lipinski definition) is 5. The summed E-state index contributed by atoms with van der Waals surface area (Å²) in [5.74, 6) is 2.06. The molecule has 0 radical (unpaired) electrons.